The van der Waals surface area contributed by atoms with E-state index in [-0.39, 0.29) is 18.0 Å². The molecule has 1 aromatic rings. The van der Waals surface area contributed by atoms with Gasteiger partial charge in [-0.2, -0.15) is 0 Å². The average Bonchev–Trinajstić information content (AvgIpc) is 3.11. The Bertz CT molecular complexity index is 393. The van der Waals surface area contributed by atoms with Gasteiger partial charge in [0.1, 0.15) is 5.82 Å². The van der Waals surface area contributed by atoms with Crippen molar-refractivity contribution >= 4 is 0 Å². The van der Waals surface area contributed by atoms with Crippen molar-refractivity contribution in [2.45, 2.75) is 31.9 Å². The lowest BCUT2D eigenvalue weighted by Crippen LogP contribution is -2.39. The van der Waals surface area contributed by atoms with Crippen molar-refractivity contribution in [1.82, 2.24) is 5.43 Å². The van der Waals surface area contributed by atoms with E-state index >= 15 is 0 Å². The fourth-order valence-electron chi connectivity index (χ4n) is 2.38. The molecule has 4 heteroatoms. The molecule has 2 rings (SSSR count). The van der Waals surface area contributed by atoms with E-state index in [2.05, 4.69) is 5.43 Å². The summed E-state index contributed by atoms with van der Waals surface area (Å²) in [4.78, 5) is 0. The number of methoxy groups -OCH3 is 1. The van der Waals surface area contributed by atoms with E-state index in [1.165, 1.54) is 25.0 Å². The fourth-order valence-corrected chi connectivity index (χ4v) is 2.38. The number of halogens is 1. The van der Waals surface area contributed by atoms with E-state index in [9.17, 15) is 4.39 Å². The van der Waals surface area contributed by atoms with Gasteiger partial charge >= 0.3 is 0 Å². The molecule has 94 valence electrons. The van der Waals surface area contributed by atoms with Crippen LogP contribution in [0.2, 0.25) is 0 Å². The SMILES string of the molecule is COC(C1CC1)C(NN)c1ccc(F)cc1C. The molecule has 17 heavy (non-hydrogen) atoms. The highest BCUT2D eigenvalue weighted by Gasteiger charge is 2.37. The maximum Gasteiger partial charge on any atom is 0.123 e. The average molecular weight is 238 g/mol. The zero-order valence-electron chi connectivity index (χ0n) is 10.2. The van der Waals surface area contributed by atoms with Crippen LogP contribution in [0, 0.1) is 18.7 Å². The summed E-state index contributed by atoms with van der Waals surface area (Å²) in [6.07, 6.45) is 2.41. The lowest BCUT2D eigenvalue weighted by molar-refractivity contribution is 0.0505. The van der Waals surface area contributed by atoms with Gasteiger partial charge in [-0.05, 0) is 48.9 Å². The summed E-state index contributed by atoms with van der Waals surface area (Å²) in [6.45, 7) is 1.89. The van der Waals surface area contributed by atoms with E-state index in [1.807, 2.05) is 6.92 Å². The summed E-state index contributed by atoms with van der Waals surface area (Å²) in [5.41, 5.74) is 4.71. The maximum absolute atomic E-state index is 13.1. The minimum Gasteiger partial charge on any atom is -0.379 e. The molecule has 0 bridgehead atoms. The highest BCUT2D eigenvalue weighted by Crippen LogP contribution is 2.40. The van der Waals surface area contributed by atoms with Crippen molar-refractivity contribution in [3.8, 4) is 0 Å². The van der Waals surface area contributed by atoms with E-state index in [1.54, 1.807) is 13.2 Å². The second-order valence-corrected chi connectivity index (χ2v) is 4.68. The molecule has 0 aromatic heterocycles. The summed E-state index contributed by atoms with van der Waals surface area (Å²) >= 11 is 0. The topological polar surface area (TPSA) is 47.3 Å². The first kappa shape index (κ1) is 12.5. The number of ether oxygens (including phenoxy) is 1. The van der Waals surface area contributed by atoms with Crippen LogP contribution in [0.15, 0.2) is 18.2 Å². The molecular weight excluding hydrogens is 219 g/mol. The summed E-state index contributed by atoms with van der Waals surface area (Å²) in [5.74, 6) is 5.97. The van der Waals surface area contributed by atoms with Crippen LogP contribution < -0.4 is 11.3 Å². The minimum atomic E-state index is -0.220. The lowest BCUT2D eigenvalue weighted by Gasteiger charge is -2.27. The third kappa shape index (κ3) is 2.65. The zero-order valence-corrected chi connectivity index (χ0v) is 10.2. The molecule has 3 nitrogen and oxygen atoms in total. The number of nitrogens with two attached hydrogens (primary N) is 1. The molecule has 3 N–H and O–H groups in total. The van der Waals surface area contributed by atoms with Gasteiger partial charge in [0.2, 0.25) is 0 Å². The van der Waals surface area contributed by atoms with Gasteiger partial charge in [0.05, 0.1) is 12.1 Å². The Morgan fingerprint density at radius 2 is 2.18 bits per heavy atom. The normalized spacial score (nSPS) is 19.1. The third-order valence-electron chi connectivity index (χ3n) is 3.43. The van der Waals surface area contributed by atoms with Gasteiger partial charge in [0, 0.05) is 7.11 Å². The van der Waals surface area contributed by atoms with Crippen LogP contribution in [-0.4, -0.2) is 13.2 Å². The first-order chi connectivity index (χ1) is 8.17. The van der Waals surface area contributed by atoms with E-state index in [0.717, 1.165) is 11.1 Å². The monoisotopic (exact) mass is 238 g/mol. The number of benzene rings is 1. The van der Waals surface area contributed by atoms with Crippen LogP contribution in [0.3, 0.4) is 0 Å². The van der Waals surface area contributed by atoms with Gasteiger partial charge in [-0.25, -0.2) is 4.39 Å². The summed E-state index contributed by atoms with van der Waals surface area (Å²) < 4.78 is 18.6. The Hall–Kier alpha value is -0.970. The molecule has 0 amide bonds. The van der Waals surface area contributed by atoms with E-state index < -0.39 is 0 Å². The molecule has 2 unspecified atom stereocenters. The molecule has 1 aliphatic carbocycles. The van der Waals surface area contributed by atoms with Gasteiger partial charge in [0.15, 0.2) is 0 Å². The van der Waals surface area contributed by atoms with E-state index in [0.29, 0.717) is 5.92 Å². The Kier molecular flexibility index (Phi) is 3.76. The highest BCUT2D eigenvalue weighted by atomic mass is 19.1. The van der Waals surface area contributed by atoms with Crippen molar-refractivity contribution in [1.29, 1.82) is 0 Å². The molecule has 0 heterocycles. The van der Waals surface area contributed by atoms with Crippen LogP contribution in [0.4, 0.5) is 4.39 Å². The Balaban J connectivity index is 2.26. The van der Waals surface area contributed by atoms with Gasteiger partial charge in [0.25, 0.3) is 0 Å². The summed E-state index contributed by atoms with van der Waals surface area (Å²) in [7, 11) is 1.70. The number of hydrogen-bond acceptors (Lipinski definition) is 3. The number of aryl methyl sites for hydroxylation is 1. The van der Waals surface area contributed by atoms with Gasteiger partial charge < -0.3 is 4.74 Å². The largest absolute Gasteiger partial charge is 0.379 e. The van der Waals surface area contributed by atoms with Crippen molar-refractivity contribution in [3.63, 3.8) is 0 Å². The van der Waals surface area contributed by atoms with Gasteiger partial charge in [-0.1, -0.05) is 6.07 Å². The standard InChI is InChI=1S/C13H19FN2O/c1-8-7-10(14)5-6-11(8)12(16-15)13(17-2)9-3-4-9/h5-7,9,12-13,16H,3-4,15H2,1-2H3. The predicted octanol–water partition coefficient (Wildman–Crippen LogP) is 2.06. The lowest BCUT2D eigenvalue weighted by atomic mass is 9.95. The van der Waals surface area contributed by atoms with Crippen molar-refractivity contribution < 1.29 is 9.13 Å². The number of hydrogen-bond donors (Lipinski definition) is 2. The summed E-state index contributed by atoms with van der Waals surface area (Å²) in [6, 6.07) is 4.70. The van der Waals surface area contributed by atoms with Crippen LogP contribution in [-0.2, 0) is 4.74 Å². The first-order valence-corrected chi connectivity index (χ1v) is 5.92. The van der Waals surface area contributed by atoms with Crippen LogP contribution in [0.25, 0.3) is 0 Å². The van der Waals surface area contributed by atoms with Crippen molar-refractivity contribution in [2.75, 3.05) is 7.11 Å². The molecule has 1 fully saturated rings. The first-order valence-electron chi connectivity index (χ1n) is 5.92. The van der Waals surface area contributed by atoms with Crippen LogP contribution in [0.1, 0.15) is 30.0 Å². The molecule has 0 spiro atoms. The minimum absolute atomic E-state index is 0.0594. The summed E-state index contributed by atoms with van der Waals surface area (Å²) in [5, 5.41) is 0. The molecule has 1 aliphatic rings. The molecular formula is C13H19FN2O. The number of rotatable bonds is 5. The van der Waals surface area contributed by atoms with Crippen LogP contribution >= 0.6 is 0 Å². The van der Waals surface area contributed by atoms with Gasteiger partial charge in [-0.15, -0.1) is 0 Å². The third-order valence-corrected chi connectivity index (χ3v) is 3.43. The molecule has 0 aliphatic heterocycles. The van der Waals surface area contributed by atoms with Crippen molar-refractivity contribution in [2.24, 2.45) is 11.8 Å². The Labute approximate surface area is 101 Å². The van der Waals surface area contributed by atoms with Gasteiger partial charge in [-0.3, -0.25) is 11.3 Å². The van der Waals surface area contributed by atoms with Crippen LogP contribution in [0.5, 0.6) is 0 Å². The number of nitrogens with one attached hydrogen (secondary N) is 1. The second kappa shape index (κ2) is 5.12. The Morgan fingerprint density at radius 3 is 2.65 bits per heavy atom. The molecule has 1 saturated carbocycles. The molecule has 0 radical (unpaired) electrons. The fraction of sp³-hybridized carbons (Fsp3) is 0.538. The predicted molar refractivity (Wildman–Crippen MR) is 64.7 cm³/mol. The highest BCUT2D eigenvalue weighted by molar-refractivity contribution is 5.30. The van der Waals surface area contributed by atoms with Crippen molar-refractivity contribution in [3.05, 3.63) is 35.1 Å². The molecule has 1 aromatic carbocycles. The molecule has 2 atom stereocenters. The zero-order chi connectivity index (χ0) is 12.4. The smallest absolute Gasteiger partial charge is 0.123 e. The number of hydrazine groups is 1. The van der Waals surface area contributed by atoms with E-state index in [4.69, 9.17) is 10.6 Å². The quantitative estimate of drug-likeness (QED) is 0.610. The maximum atomic E-state index is 13.1. The Morgan fingerprint density at radius 1 is 1.47 bits per heavy atom. The molecule has 0 saturated heterocycles. The second-order valence-electron chi connectivity index (χ2n) is 4.68.